The van der Waals surface area contributed by atoms with Crippen LogP contribution in [0, 0.1) is 0 Å². The third kappa shape index (κ3) is 4.65. The highest BCUT2D eigenvalue weighted by Crippen LogP contribution is 2.52. The molecule has 0 N–H and O–H groups in total. The Kier molecular flexibility index (Phi) is 6.93. The summed E-state index contributed by atoms with van der Waals surface area (Å²) >= 11 is 1.92. The van der Waals surface area contributed by atoms with Crippen LogP contribution in [0.25, 0.3) is 65.9 Å². The Morgan fingerprint density at radius 3 is 2.22 bits per heavy atom. The van der Waals surface area contributed by atoms with Gasteiger partial charge in [0.25, 0.3) is 0 Å². The third-order valence-corrected chi connectivity index (χ3v) is 13.0. The molecular formula is C51H38N2S. The van der Waals surface area contributed by atoms with E-state index < -0.39 is 0 Å². The van der Waals surface area contributed by atoms with Gasteiger partial charge in [-0.3, -0.25) is 0 Å². The summed E-state index contributed by atoms with van der Waals surface area (Å²) in [6.07, 6.45) is 6.81. The van der Waals surface area contributed by atoms with Crippen molar-refractivity contribution in [1.29, 1.82) is 0 Å². The summed E-state index contributed by atoms with van der Waals surface area (Å²) in [5.41, 5.74) is 16.5. The van der Waals surface area contributed by atoms with Gasteiger partial charge in [-0.2, -0.15) is 0 Å². The molecule has 0 amide bonds. The molecule has 11 rings (SSSR count). The Bertz CT molecular complexity index is 2960. The molecule has 7 aromatic carbocycles. The molecule has 2 aliphatic carbocycles. The number of fused-ring (bicyclic) bond motifs is 9. The van der Waals surface area contributed by atoms with Crippen molar-refractivity contribution in [2.24, 2.45) is 0 Å². The Balaban J connectivity index is 1.06. The second kappa shape index (κ2) is 11.9. The largest absolute Gasteiger partial charge is 0.310 e. The van der Waals surface area contributed by atoms with Crippen molar-refractivity contribution in [3.8, 4) is 27.9 Å². The molecule has 0 fully saturated rings. The fraction of sp³-hybridized carbons (Fsp3) is 0.0980. The molecule has 3 heteroatoms. The molecule has 2 nitrogen and oxygen atoms in total. The highest BCUT2D eigenvalue weighted by molar-refractivity contribution is 7.20. The van der Waals surface area contributed by atoms with Gasteiger partial charge in [0.2, 0.25) is 0 Å². The lowest BCUT2D eigenvalue weighted by Crippen LogP contribution is -2.16. The standard InChI is InChI=1S/C51H38N2S/c1-51(2)43-18-9-6-15-38(43)39-29-28-37(32-44(39)51)52(47-20-12-22-49-50(47)41-17-8-11-21-48(41)54-49)36-26-23-33(24-27-36)34-25-30-46-42(31-34)40-16-7-10-19-45(40)53(46)35-13-4-3-5-14-35/h3-7,9-16,18-32H,8,17H2,1-2H3. The number of hydrogen-bond acceptors (Lipinski definition) is 2. The average molecular weight is 711 g/mol. The van der Waals surface area contributed by atoms with E-state index in [1.54, 1.807) is 0 Å². The number of nitrogens with zero attached hydrogens (tertiary/aromatic N) is 2. The zero-order valence-corrected chi connectivity index (χ0v) is 31.2. The molecule has 54 heavy (non-hydrogen) atoms. The van der Waals surface area contributed by atoms with Crippen LogP contribution in [0.1, 0.15) is 41.8 Å². The minimum Gasteiger partial charge on any atom is -0.310 e. The van der Waals surface area contributed by atoms with E-state index in [-0.39, 0.29) is 5.41 Å². The molecule has 0 atom stereocenters. The van der Waals surface area contributed by atoms with Crippen LogP contribution < -0.4 is 4.90 Å². The smallest absolute Gasteiger partial charge is 0.0551 e. The first-order valence-electron chi connectivity index (χ1n) is 19.0. The second-order valence-corrected chi connectivity index (χ2v) is 16.3. The van der Waals surface area contributed by atoms with Gasteiger partial charge in [0.15, 0.2) is 0 Å². The minimum atomic E-state index is -0.0852. The van der Waals surface area contributed by atoms with Crippen LogP contribution in [0.2, 0.25) is 0 Å². The lowest BCUT2D eigenvalue weighted by molar-refractivity contribution is 0.660. The van der Waals surface area contributed by atoms with Crippen molar-refractivity contribution in [2.45, 2.75) is 32.1 Å². The first-order valence-corrected chi connectivity index (χ1v) is 19.8. The van der Waals surface area contributed by atoms with Gasteiger partial charge in [-0.1, -0.05) is 111 Å². The molecule has 0 spiro atoms. The summed E-state index contributed by atoms with van der Waals surface area (Å²) in [7, 11) is 0. The topological polar surface area (TPSA) is 8.17 Å². The number of thiophene rings is 1. The summed E-state index contributed by atoms with van der Waals surface area (Å²) in [4.78, 5) is 3.90. The van der Waals surface area contributed by atoms with Crippen molar-refractivity contribution in [2.75, 3.05) is 4.90 Å². The van der Waals surface area contributed by atoms with Crippen molar-refractivity contribution in [3.63, 3.8) is 0 Å². The van der Waals surface area contributed by atoms with Crippen LogP contribution in [0.15, 0.2) is 164 Å². The number of aromatic nitrogens is 1. The van der Waals surface area contributed by atoms with Crippen LogP contribution in [0.5, 0.6) is 0 Å². The van der Waals surface area contributed by atoms with Crippen molar-refractivity contribution < 1.29 is 0 Å². The predicted octanol–water partition coefficient (Wildman–Crippen LogP) is 14.4. The van der Waals surface area contributed by atoms with E-state index in [1.807, 2.05) is 11.3 Å². The van der Waals surface area contributed by atoms with E-state index in [0.717, 1.165) is 18.5 Å². The summed E-state index contributed by atoms with van der Waals surface area (Å²) in [5.74, 6) is 0. The molecule has 0 saturated heterocycles. The Labute approximate surface area is 319 Å². The van der Waals surface area contributed by atoms with Gasteiger partial charge in [0.1, 0.15) is 0 Å². The molecule has 0 saturated carbocycles. The van der Waals surface area contributed by atoms with E-state index >= 15 is 0 Å². The van der Waals surface area contributed by atoms with Gasteiger partial charge < -0.3 is 9.47 Å². The molecule has 9 aromatic rings. The summed E-state index contributed by atoms with van der Waals surface area (Å²) in [5, 5.41) is 3.92. The quantitative estimate of drug-likeness (QED) is 0.173. The number of anilines is 3. The van der Waals surface area contributed by atoms with Crippen molar-refractivity contribution >= 4 is 66.4 Å². The number of aryl methyl sites for hydroxylation is 1. The number of hydrogen-bond donors (Lipinski definition) is 0. The third-order valence-electron chi connectivity index (χ3n) is 11.9. The van der Waals surface area contributed by atoms with Crippen LogP contribution in [-0.4, -0.2) is 4.57 Å². The maximum absolute atomic E-state index is 2.51. The highest BCUT2D eigenvalue weighted by atomic mass is 32.1. The molecule has 0 aliphatic heterocycles. The van der Waals surface area contributed by atoms with E-state index in [9.17, 15) is 0 Å². The Morgan fingerprint density at radius 2 is 1.33 bits per heavy atom. The van der Waals surface area contributed by atoms with E-state index in [2.05, 4.69) is 193 Å². The monoisotopic (exact) mass is 710 g/mol. The lowest BCUT2D eigenvalue weighted by Gasteiger charge is -2.29. The Morgan fingerprint density at radius 1 is 0.593 bits per heavy atom. The number of para-hydroxylation sites is 2. The Hall–Kier alpha value is -6.16. The van der Waals surface area contributed by atoms with Crippen molar-refractivity contribution in [1.82, 2.24) is 4.57 Å². The average Bonchev–Trinajstić information content (AvgIpc) is 3.84. The highest BCUT2D eigenvalue weighted by Gasteiger charge is 2.36. The fourth-order valence-corrected chi connectivity index (χ4v) is 10.5. The molecule has 0 radical (unpaired) electrons. The normalized spacial score (nSPS) is 14.0. The van der Waals surface area contributed by atoms with Crippen LogP contribution in [-0.2, 0) is 11.8 Å². The van der Waals surface area contributed by atoms with E-state index in [4.69, 9.17) is 0 Å². The van der Waals surface area contributed by atoms with Gasteiger partial charge in [-0.15, -0.1) is 11.3 Å². The van der Waals surface area contributed by atoms with Gasteiger partial charge in [0.05, 0.1) is 16.7 Å². The predicted molar refractivity (Wildman–Crippen MR) is 231 cm³/mol. The summed E-state index contributed by atoms with van der Waals surface area (Å²) in [6.45, 7) is 4.74. The van der Waals surface area contributed by atoms with Crippen LogP contribution >= 0.6 is 11.3 Å². The number of benzene rings is 7. The summed E-state index contributed by atoms with van der Waals surface area (Å²) < 4.78 is 3.73. The van der Waals surface area contributed by atoms with Gasteiger partial charge in [-0.25, -0.2) is 0 Å². The first-order chi connectivity index (χ1) is 26.5. The molecular weight excluding hydrogens is 673 g/mol. The van der Waals surface area contributed by atoms with E-state index in [1.165, 1.54) is 92.8 Å². The summed E-state index contributed by atoms with van der Waals surface area (Å²) in [6, 6.07) is 58.5. The second-order valence-electron chi connectivity index (χ2n) is 15.2. The minimum absolute atomic E-state index is 0.0852. The molecule has 0 unspecified atom stereocenters. The fourth-order valence-electron chi connectivity index (χ4n) is 9.27. The molecule has 258 valence electrons. The number of rotatable bonds is 5. The van der Waals surface area contributed by atoms with Gasteiger partial charge >= 0.3 is 0 Å². The lowest BCUT2D eigenvalue weighted by atomic mass is 9.82. The van der Waals surface area contributed by atoms with E-state index in [0.29, 0.717) is 0 Å². The first kappa shape index (κ1) is 31.4. The zero-order chi connectivity index (χ0) is 36.0. The SMILES string of the molecule is CC1(C)c2ccccc2-c2ccc(N(c3ccc(-c4ccc5c(c4)c4ccccc4n5-c4ccccc4)cc3)c3cccc4sc5c(c34)CCC=C5)cc21. The molecule has 2 heterocycles. The molecule has 2 aliphatic rings. The number of allylic oxidation sites excluding steroid dienone is 1. The van der Waals surface area contributed by atoms with Crippen molar-refractivity contribution in [3.05, 3.63) is 185 Å². The maximum Gasteiger partial charge on any atom is 0.0551 e. The maximum atomic E-state index is 2.51. The van der Waals surface area contributed by atoms with Crippen LogP contribution in [0.4, 0.5) is 17.1 Å². The zero-order valence-electron chi connectivity index (χ0n) is 30.4. The van der Waals surface area contributed by atoms with Gasteiger partial charge in [-0.05, 0) is 125 Å². The van der Waals surface area contributed by atoms with Gasteiger partial charge in [0, 0.05) is 48.2 Å². The molecule has 2 aromatic heterocycles. The molecule has 0 bridgehead atoms. The van der Waals surface area contributed by atoms with Crippen LogP contribution in [0.3, 0.4) is 0 Å².